The quantitative estimate of drug-likeness (QED) is 0.786. The number of anilines is 1. The number of nitrogens with zero attached hydrogens (tertiary/aromatic N) is 1. The van der Waals surface area contributed by atoms with Crippen LogP contribution in [0.25, 0.3) is 0 Å². The normalized spacial score (nSPS) is 11.8. The summed E-state index contributed by atoms with van der Waals surface area (Å²) >= 11 is 3.18. The topological polar surface area (TPSA) is 58.4 Å². The van der Waals surface area contributed by atoms with Gasteiger partial charge in [-0.25, -0.2) is 4.39 Å². The summed E-state index contributed by atoms with van der Waals surface area (Å²) in [6.07, 6.45) is 0. The molecule has 0 radical (unpaired) electrons. The van der Waals surface area contributed by atoms with Gasteiger partial charge < -0.3 is 11.1 Å². The van der Waals surface area contributed by atoms with E-state index in [0.29, 0.717) is 11.0 Å². The molecule has 0 fully saturated rings. The molecule has 1 aromatic rings. The largest absolute Gasteiger partial charge is 0.330 e. The zero-order valence-electron chi connectivity index (χ0n) is 12.7. The van der Waals surface area contributed by atoms with Crippen molar-refractivity contribution in [3.05, 3.63) is 28.5 Å². The fraction of sp³-hybridized carbons (Fsp3) is 0.533. The molecule has 3 N–H and O–H groups in total. The van der Waals surface area contributed by atoms with Crippen molar-refractivity contribution >= 4 is 27.5 Å². The monoisotopic (exact) mass is 359 g/mol. The third-order valence-electron chi connectivity index (χ3n) is 3.22. The van der Waals surface area contributed by atoms with Crippen LogP contribution in [0.5, 0.6) is 0 Å². The van der Waals surface area contributed by atoms with Crippen LogP contribution < -0.4 is 11.1 Å². The highest BCUT2D eigenvalue weighted by molar-refractivity contribution is 9.10. The van der Waals surface area contributed by atoms with Crippen molar-refractivity contribution < 1.29 is 9.18 Å². The minimum atomic E-state index is -0.455. The molecule has 0 saturated carbocycles. The number of hydrogen-bond donors (Lipinski definition) is 2. The maximum Gasteiger partial charge on any atom is 0.238 e. The van der Waals surface area contributed by atoms with Gasteiger partial charge in [-0.05, 0) is 36.7 Å². The molecule has 0 unspecified atom stereocenters. The number of rotatable bonds is 7. The average molecular weight is 360 g/mol. The summed E-state index contributed by atoms with van der Waals surface area (Å²) in [6, 6.07) is 4.55. The molecule has 118 valence electrons. The lowest BCUT2D eigenvalue weighted by Gasteiger charge is -2.30. The molecule has 0 saturated heterocycles. The van der Waals surface area contributed by atoms with Crippen molar-refractivity contribution in [1.29, 1.82) is 0 Å². The standard InChI is InChI=1S/C15H23BrFN3O/c1-4-20(10-15(2,3)9-18)8-14(21)19-13-6-5-11(16)7-12(13)17/h5-7H,4,8-10,18H2,1-3H3,(H,19,21). The van der Waals surface area contributed by atoms with E-state index in [0.717, 1.165) is 13.1 Å². The van der Waals surface area contributed by atoms with Crippen molar-refractivity contribution in [1.82, 2.24) is 4.90 Å². The summed E-state index contributed by atoms with van der Waals surface area (Å²) in [5.74, 6) is -0.686. The van der Waals surface area contributed by atoms with E-state index >= 15 is 0 Å². The van der Waals surface area contributed by atoms with Crippen molar-refractivity contribution in [2.24, 2.45) is 11.1 Å². The highest BCUT2D eigenvalue weighted by Crippen LogP contribution is 2.19. The smallest absolute Gasteiger partial charge is 0.238 e. The molecular formula is C15H23BrFN3O. The van der Waals surface area contributed by atoms with E-state index < -0.39 is 5.82 Å². The Hall–Kier alpha value is -0.980. The van der Waals surface area contributed by atoms with Gasteiger partial charge in [0.2, 0.25) is 5.91 Å². The second-order valence-electron chi connectivity index (χ2n) is 5.84. The Bertz CT molecular complexity index is 494. The van der Waals surface area contributed by atoms with E-state index in [1.54, 1.807) is 6.07 Å². The minimum absolute atomic E-state index is 0.0564. The molecule has 0 heterocycles. The molecule has 6 heteroatoms. The Kier molecular flexibility index (Phi) is 6.77. The molecule has 0 aromatic heterocycles. The first kappa shape index (κ1) is 18.1. The number of hydrogen-bond acceptors (Lipinski definition) is 3. The number of nitrogens with one attached hydrogen (secondary N) is 1. The summed E-state index contributed by atoms with van der Waals surface area (Å²) in [4.78, 5) is 14.0. The highest BCUT2D eigenvalue weighted by Gasteiger charge is 2.21. The van der Waals surface area contributed by atoms with Crippen molar-refractivity contribution in [3.8, 4) is 0 Å². The maximum atomic E-state index is 13.7. The third kappa shape index (κ3) is 6.11. The van der Waals surface area contributed by atoms with E-state index in [4.69, 9.17) is 5.73 Å². The average Bonchev–Trinajstić information content (AvgIpc) is 2.41. The second kappa shape index (κ2) is 7.87. The van der Waals surface area contributed by atoms with Crippen molar-refractivity contribution in [3.63, 3.8) is 0 Å². The molecule has 1 amide bonds. The van der Waals surface area contributed by atoms with E-state index in [1.807, 2.05) is 11.8 Å². The number of halogens is 2. The van der Waals surface area contributed by atoms with Gasteiger partial charge in [-0.1, -0.05) is 36.7 Å². The third-order valence-corrected chi connectivity index (χ3v) is 3.72. The molecule has 4 nitrogen and oxygen atoms in total. The lowest BCUT2D eigenvalue weighted by atomic mass is 9.93. The molecule has 0 bridgehead atoms. The first-order valence-electron chi connectivity index (χ1n) is 6.94. The van der Waals surface area contributed by atoms with Gasteiger partial charge in [-0.15, -0.1) is 0 Å². The van der Waals surface area contributed by atoms with Gasteiger partial charge in [0.15, 0.2) is 0 Å². The van der Waals surface area contributed by atoms with Crippen LogP contribution in [0.3, 0.4) is 0 Å². The lowest BCUT2D eigenvalue weighted by molar-refractivity contribution is -0.117. The Morgan fingerprint density at radius 1 is 1.48 bits per heavy atom. The maximum absolute atomic E-state index is 13.7. The number of nitrogens with two attached hydrogens (primary N) is 1. The lowest BCUT2D eigenvalue weighted by Crippen LogP contribution is -2.42. The SMILES string of the molecule is CCN(CC(=O)Nc1ccc(Br)cc1F)CC(C)(C)CN. The fourth-order valence-electron chi connectivity index (χ4n) is 1.93. The van der Waals surface area contributed by atoms with E-state index in [-0.39, 0.29) is 23.6 Å². The van der Waals surface area contributed by atoms with Crippen molar-refractivity contribution in [2.45, 2.75) is 20.8 Å². The number of carbonyl (C=O) groups excluding carboxylic acids is 1. The van der Waals surface area contributed by atoms with Crippen LogP contribution in [-0.4, -0.2) is 37.0 Å². The second-order valence-corrected chi connectivity index (χ2v) is 6.76. The highest BCUT2D eigenvalue weighted by atomic mass is 79.9. The number of likely N-dealkylation sites (N-methyl/N-ethyl adjacent to an activating group) is 1. The molecule has 1 aromatic carbocycles. The molecule has 0 atom stereocenters. The molecule has 0 aliphatic carbocycles. The van der Waals surface area contributed by atoms with Crippen LogP contribution in [-0.2, 0) is 4.79 Å². The molecule has 0 aliphatic rings. The Morgan fingerprint density at radius 3 is 2.67 bits per heavy atom. The predicted octanol–water partition coefficient (Wildman–Crippen LogP) is 2.83. The summed E-state index contributed by atoms with van der Waals surface area (Å²) in [7, 11) is 0. The molecule has 0 aliphatic heterocycles. The van der Waals surface area contributed by atoms with Crippen LogP contribution in [0, 0.1) is 11.2 Å². The van der Waals surface area contributed by atoms with Gasteiger partial charge >= 0.3 is 0 Å². The van der Waals surface area contributed by atoms with Gasteiger partial charge in [0.1, 0.15) is 5.82 Å². The summed E-state index contributed by atoms with van der Waals surface area (Å²) in [5, 5.41) is 2.60. The van der Waals surface area contributed by atoms with E-state index in [9.17, 15) is 9.18 Å². The first-order valence-corrected chi connectivity index (χ1v) is 7.74. The van der Waals surface area contributed by atoms with Gasteiger partial charge in [-0.2, -0.15) is 0 Å². The van der Waals surface area contributed by atoms with Crippen LogP contribution in [0.2, 0.25) is 0 Å². The Balaban J connectivity index is 2.63. The van der Waals surface area contributed by atoms with Crippen LogP contribution in [0.4, 0.5) is 10.1 Å². The first-order chi connectivity index (χ1) is 9.77. The van der Waals surface area contributed by atoms with Gasteiger partial charge in [0, 0.05) is 11.0 Å². The van der Waals surface area contributed by atoms with Crippen LogP contribution in [0.1, 0.15) is 20.8 Å². The summed E-state index contributed by atoms with van der Waals surface area (Å²) < 4.78 is 14.3. The molecule has 21 heavy (non-hydrogen) atoms. The zero-order chi connectivity index (χ0) is 16.0. The number of benzene rings is 1. The van der Waals surface area contributed by atoms with Crippen molar-refractivity contribution in [2.75, 3.05) is 31.5 Å². The summed E-state index contributed by atoms with van der Waals surface area (Å²) in [6.45, 7) is 8.32. The minimum Gasteiger partial charge on any atom is -0.330 e. The Labute approximate surface area is 134 Å². The number of amides is 1. The Morgan fingerprint density at radius 2 is 2.14 bits per heavy atom. The van der Waals surface area contributed by atoms with Gasteiger partial charge in [0.05, 0.1) is 12.2 Å². The van der Waals surface area contributed by atoms with E-state index in [2.05, 4.69) is 35.1 Å². The molecular weight excluding hydrogens is 337 g/mol. The summed E-state index contributed by atoms with van der Waals surface area (Å²) in [5.41, 5.74) is 5.85. The fourth-order valence-corrected chi connectivity index (χ4v) is 2.27. The zero-order valence-corrected chi connectivity index (χ0v) is 14.3. The van der Waals surface area contributed by atoms with Gasteiger partial charge in [-0.3, -0.25) is 9.69 Å². The molecule has 1 rings (SSSR count). The van der Waals surface area contributed by atoms with Gasteiger partial charge in [0.25, 0.3) is 0 Å². The van der Waals surface area contributed by atoms with E-state index in [1.165, 1.54) is 12.1 Å². The molecule has 0 spiro atoms. The number of carbonyl (C=O) groups is 1. The van der Waals surface area contributed by atoms with Crippen LogP contribution >= 0.6 is 15.9 Å². The predicted molar refractivity (Wildman–Crippen MR) is 87.7 cm³/mol. The van der Waals surface area contributed by atoms with Crippen LogP contribution in [0.15, 0.2) is 22.7 Å².